The number of aromatic carboxylic acids is 2. The summed E-state index contributed by atoms with van der Waals surface area (Å²) in [7, 11) is 0. The fourth-order valence-electron chi connectivity index (χ4n) is 2.43. The molecule has 0 aliphatic heterocycles. The van der Waals surface area contributed by atoms with Gasteiger partial charge in [0.1, 0.15) is 31.1 Å². The minimum atomic E-state index is -1.07. The molecule has 10 heteroatoms. The van der Waals surface area contributed by atoms with E-state index in [9.17, 15) is 19.2 Å². The van der Waals surface area contributed by atoms with Crippen molar-refractivity contribution in [3.63, 3.8) is 0 Å². The molecular weight excluding hydrogens is 408 g/mol. The summed E-state index contributed by atoms with van der Waals surface area (Å²) < 4.78 is 10.7. The highest BCUT2D eigenvalue weighted by molar-refractivity contribution is 5.96. The molecule has 10 nitrogen and oxygen atoms in total. The van der Waals surface area contributed by atoms with Gasteiger partial charge in [-0.15, -0.1) is 0 Å². The van der Waals surface area contributed by atoms with Crippen molar-refractivity contribution in [1.29, 1.82) is 0 Å². The first kappa shape index (κ1) is 23.2. The van der Waals surface area contributed by atoms with Crippen LogP contribution in [0.3, 0.4) is 0 Å². The molecule has 0 aliphatic rings. The second-order valence-electron chi connectivity index (χ2n) is 6.24. The molecule has 0 unspecified atom stereocenters. The van der Waals surface area contributed by atoms with Crippen molar-refractivity contribution in [1.82, 2.24) is 10.6 Å². The molecule has 0 atom stereocenters. The smallest absolute Gasteiger partial charge is 0.335 e. The first-order chi connectivity index (χ1) is 14.8. The Morgan fingerprint density at radius 3 is 1.52 bits per heavy atom. The van der Waals surface area contributed by atoms with E-state index >= 15 is 0 Å². The summed E-state index contributed by atoms with van der Waals surface area (Å²) in [5.74, 6) is -2.39. The first-order valence-electron chi connectivity index (χ1n) is 9.31. The Morgan fingerprint density at radius 2 is 1.13 bits per heavy atom. The summed E-state index contributed by atoms with van der Waals surface area (Å²) in [4.78, 5) is 45.3. The van der Waals surface area contributed by atoms with Crippen molar-refractivity contribution >= 4 is 23.8 Å². The van der Waals surface area contributed by atoms with Crippen LogP contribution in [-0.4, -0.2) is 60.3 Å². The van der Waals surface area contributed by atoms with Crippen LogP contribution in [-0.2, 0) is 9.59 Å². The Balaban J connectivity index is 1.59. The van der Waals surface area contributed by atoms with E-state index in [1.807, 2.05) is 0 Å². The number of carbonyl (C=O) groups excluding carboxylic acids is 2. The quantitative estimate of drug-likeness (QED) is 0.289. The van der Waals surface area contributed by atoms with Crippen molar-refractivity contribution < 1.29 is 38.9 Å². The molecule has 0 saturated heterocycles. The summed E-state index contributed by atoms with van der Waals surface area (Å²) in [5, 5.41) is 22.9. The van der Waals surface area contributed by atoms with Gasteiger partial charge in [0.2, 0.25) is 11.8 Å². The molecule has 4 N–H and O–H groups in total. The largest absolute Gasteiger partial charge is 0.492 e. The zero-order valence-electron chi connectivity index (χ0n) is 16.5. The second-order valence-corrected chi connectivity index (χ2v) is 6.24. The summed E-state index contributed by atoms with van der Waals surface area (Å²) in [5.41, 5.74) is 0.188. The Labute approximate surface area is 177 Å². The minimum absolute atomic E-state index is 0.0942. The highest BCUT2D eigenvalue weighted by Crippen LogP contribution is 2.13. The number of carboxylic acid groups (broad SMARTS) is 2. The van der Waals surface area contributed by atoms with E-state index in [0.29, 0.717) is 11.5 Å². The average molecular weight is 430 g/mol. The standard InChI is InChI=1S/C21H22N2O8/c24-18(22-7-9-30-16-5-1-3-14(11-16)20(26)27)13-19(25)23-8-10-31-17-6-2-4-15(12-17)21(28)29/h1-6,11-12H,7-10,13H2,(H,22,24)(H,23,25)(H,26,27)(H,28,29). The number of ether oxygens (including phenoxy) is 2. The molecule has 0 radical (unpaired) electrons. The molecule has 2 amide bonds. The van der Waals surface area contributed by atoms with E-state index in [4.69, 9.17) is 19.7 Å². The second kappa shape index (κ2) is 11.8. The lowest BCUT2D eigenvalue weighted by atomic mass is 10.2. The van der Waals surface area contributed by atoms with Crippen molar-refractivity contribution in [3.05, 3.63) is 59.7 Å². The molecule has 0 spiro atoms. The maximum atomic E-state index is 11.8. The van der Waals surface area contributed by atoms with Gasteiger partial charge in [0.15, 0.2) is 0 Å². The molecule has 2 rings (SSSR count). The highest BCUT2D eigenvalue weighted by Gasteiger charge is 2.09. The van der Waals surface area contributed by atoms with E-state index in [2.05, 4.69) is 10.6 Å². The van der Waals surface area contributed by atoms with Crippen molar-refractivity contribution in [2.45, 2.75) is 6.42 Å². The molecule has 0 saturated carbocycles. The molecule has 0 heterocycles. The molecule has 0 aliphatic carbocycles. The number of nitrogens with one attached hydrogen (secondary N) is 2. The number of hydrogen-bond donors (Lipinski definition) is 4. The lowest BCUT2D eigenvalue weighted by molar-refractivity contribution is -0.129. The van der Waals surface area contributed by atoms with E-state index in [1.165, 1.54) is 24.3 Å². The molecule has 0 aromatic heterocycles. The van der Waals surface area contributed by atoms with Crippen LogP contribution in [0, 0.1) is 0 Å². The van der Waals surface area contributed by atoms with Crippen LogP contribution in [0.1, 0.15) is 27.1 Å². The highest BCUT2D eigenvalue weighted by atomic mass is 16.5. The van der Waals surface area contributed by atoms with Gasteiger partial charge in [-0.2, -0.15) is 0 Å². The number of hydrogen-bond acceptors (Lipinski definition) is 6. The monoisotopic (exact) mass is 430 g/mol. The minimum Gasteiger partial charge on any atom is -0.492 e. The van der Waals surface area contributed by atoms with Gasteiger partial charge in [0.05, 0.1) is 24.2 Å². The van der Waals surface area contributed by atoms with Gasteiger partial charge in [0.25, 0.3) is 0 Å². The van der Waals surface area contributed by atoms with Gasteiger partial charge >= 0.3 is 11.9 Å². The number of rotatable bonds is 12. The van der Waals surface area contributed by atoms with Crippen LogP contribution in [0.5, 0.6) is 11.5 Å². The van der Waals surface area contributed by atoms with Crippen LogP contribution in [0.2, 0.25) is 0 Å². The molecule has 2 aromatic carbocycles. The molecule has 0 bridgehead atoms. The third-order valence-corrected chi connectivity index (χ3v) is 3.87. The number of carboxylic acids is 2. The molecular formula is C21H22N2O8. The van der Waals surface area contributed by atoms with Gasteiger partial charge in [-0.25, -0.2) is 9.59 Å². The zero-order valence-corrected chi connectivity index (χ0v) is 16.5. The Morgan fingerprint density at radius 1 is 0.710 bits per heavy atom. The Kier molecular flexibility index (Phi) is 8.84. The fourth-order valence-corrected chi connectivity index (χ4v) is 2.43. The maximum absolute atomic E-state index is 11.8. The summed E-state index contributed by atoms with van der Waals surface area (Å²) in [6.07, 6.45) is -0.372. The lowest BCUT2D eigenvalue weighted by Gasteiger charge is -2.09. The van der Waals surface area contributed by atoms with Crippen molar-refractivity contribution in [3.8, 4) is 11.5 Å². The van der Waals surface area contributed by atoms with E-state index in [-0.39, 0.29) is 43.9 Å². The van der Waals surface area contributed by atoms with Crippen LogP contribution >= 0.6 is 0 Å². The average Bonchev–Trinajstić information content (AvgIpc) is 2.74. The number of amides is 2. The summed E-state index contributed by atoms with van der Waals surface area (Å²) >= 11 is 0. The van der Waals surface area contributed by atoms with Gasteiger partial charge < -0.3 is 30.3 Å². The van der Waals surface area contributed by atoms with Crippen LogP contribution < -0.4 is 20.1 Å². The maximum Gasteiger partial charge on any atom is 0.335 e. The van der Waals surface area contributed by atoms with Crippen LogP contribution in [0.25, 0.3) is 0 Å². The molecule has 164 valence electrons. The van der Waals surface area contributed by atoms with Gasteiger partial charge in [-0.05, 0) is 36.4 Å². The topological polar surface area (TPSA) is 151 Å². The third-order valence-electron chi connectivity index (χ3n) is 3.87. The Hall–Kier alpha value is -4.08. The van der Waals surface area contributed by atoms with Crippen molar-refractivity contribution in [2.24, 2.45) is 0 Å². The Bertz CT molecular complexity index is 869. The molecule has 0 fully saturated rings. The number of benzene rings is 2. The van der Waals surface area contributed by atoms with Gasteiger partial charge in [-0.3, -0.25) is 9.59 Å². The fraction of sp³-hybridized carbons (Fsp3) is 0.238. The predicted molar refractivity (Wildman–Crippen MR) is 108 cm³/mol. The van der Waals surface area contributed by atoms with E-state index in [0.717, 1.165) is 0 Å². The van der Waals surface area contributed by atoms with E-state index < -0.39 is 23.8 Å². The van der Waals surface area contributed by atoms with Crippen LogP contribution in [0.15, 0.2) is 48.5 Å². The summed E-state index contributed by atoms with van der Waals surface area (Å²) in [6, 6.07) is 11.9. The normalized spacial score (nSPS) is 10.1. The zero-order chi connectivity index (χ0) is 22.6. The predicted octanol–water partition coefficient (Wildman–Crippen LogP) is 1.16. The van der Waals surface area contributed by atoms with Crippen molar-refractivity contribution in [2.75, 3.05) is 26.3 Å². The number of carbonyl (C=O) groups is 4. The first-order valence-corrected chi connectivity index (χ1v) is 9.31. The lowest BCUT2D eigenvalue weighted by Crippen LogP contribution is -2.35. The molecule has 2 aromatic rings. The van der Waals surface area contributed by atoms with Gasteiger partial charge in [-0.1, -0.05) is 12.1 Å². The SMILES string of the molecule is O=C(CC(=O)NCCOc1cccc(C(=O)O)c1)NCCOc1cccc(C(=O)O)c1. The van der Waals surface area contributed by atoms with Gasteiger partial charge in [0, 0.05) is 0 Å². The third kappa shape index (κ3) is 8.44. The van der Waals surface area contributed by atoms with Crippen LogP contribution in [0.4, 0.5) is 0 Å². The summed E-state index contributed by atoms with van der Waals surface area (Å²) in [6.45, 7) is 0.512. The molecule has 31 heavy (non-hydrogen) atoms. The van der Waals surface area contributed by atoms with E-state index in [1.54, 1.807) is 24.3 Å².